The Balaban J connectivity index is 1.19. The van der Waals surface area contributed by atoms with Crippen molar-refractivity contribution < 1.29 is 27.8 Å². The zero-order valence-corrected chi connectivity index (χ0v) is 18.9. The number of hydrogen-bond donors (Lipinski definition) is 1. The fourth-order valence-corrected chi connectivity index (χ4v) is 5.50. The third kappa shape index (κ3) is 4.24. The second kappa shape index (κ2) is 8.49. The Hall–Kier alpha value is -2.72. The lowest BCUT2D eigenvalue weighted by Gasteiger charge is -2.40. The van der Waals surface area contributed by atoms with E-state index in [2.05, 4.69) is 14.9 Å². The number of cyclic esters (lactones) is 1. The maximum atomic E-state index is 13.0. The summed E-state index contributed by atoms with van der Waals surface area (Å²) >= 11 is 0. The summed E-state index contributed by atoms with van der Waals surface area (Å²) in [5.41, 5.74) is 2.27. The number of alkyl halides is 3. The van der Waals surface area contributed by atoms with Gasteiger partial charge in [0.25, 0.3) is 0 Å². The number of aliphatic hydroxyl groups is 1. The number of ether oxygens (including phenoxy) is 1. The maximum absolute atomic E-state index is 13.0. The smallest absolute Gasteiger partial charge is 0.433 e. The normalized spacial score (nSPS) is 21.1. The maximum Gasteiger partial charge on any atom is 0.433 e. The van der Waals surface area contributed by atoms with Gasteiger partial charge in [-0.2, -0.15) is 13.2 Å². The third-order valence-corrected chi connectivity index (χ3v) is 7.62. The Morgan fingerprint density at radius 1 is 1.18 bits per heavy atom. The average Bonchev–Trinajstić information content (AvgIpc) is 3.40. The number of benzene rings is 1. The van der Waals surface area contributed by atoms with Gasteiger partial charge < -0.3 is 19.6 Å². The van der Waals surface area contributed by atoms with E-state index in [1.165, 1.54) is 0 Å². The zero-order chi connectivity index (χ0) is 24.1. The van der Waals surface area contributed by atoms with Crippen molar-refractivity contribution in [3.63, 3.8) is 0 Å². The standard InChI is InChI=1S/C24H27F3N4O3/c1-15-16(2-3-17-18(15)12-34-22(17)33)19(32)11-30-7-4-23(5-8-30)6-9-31(13-23)21-10-20(24(25,26)27)28-14-29-21/h2-3,10,14,19,32H,4-9,11-13H2,1H3/t19-/m0/s1. The van der Waals surface area contributed by atoms with Crippen LogP contribution in [0.1, 0.15) is 58.1 Å². The number of aliphatic hydroxyl groups excluding tert-OH is 1. The Bertz CT molecular complexity index is 1100. The van der Waals surface area contributed by atoms with Crippen LogP contribution in [0.5, 0.6) is 0 Å². The number of hydrogen-bond acceptors (Lipinski definition) is 7. The number of β-amino-alcohol motifs (C(OH)–C–C–N with tert-alkyl or cyclic N) is 1. The van der Waals surface area contributed by atoms with Crippen LogP contribution in [0, 0.1) is 12.3 Å². The second-order valence-electron chi connectivity index (χ2n) is 9.63. The van der Waals surface area contributed by atoms with Crippen molar-refractivity contribution in [1.29, 1.82) is 0 Å². The van der Waals surface area contributed by atoms with Crippen molar-refractivity contribution in [2.24, 2.45) is 5.41 Å². The topological polar surface area (TPSA) is 78.8 Å². The molecule has 1 atom stereocenters. The largest absolute Gasteiger partial charge is 0.457 e. The van der Waals surface area contributed by atoms with Gasteiger partial charge in [-0.15, -0.1) is 0 Å². The minimum atomic E-state index is -4.49. The molecule has 1 aromatic carbocycles. The van der Waals surface area contributed by atoms with Gasteiger partial charge in [-0.1, -0.05) is 6.07 Å². The number of piperidine rings is 1. The van der Waals surface area contributed by atoms with Gasteiger partial charge in [0.1, 0.15) is 24.4 Å². The number of halogens is 3. The van der Waals surface area contributed by atoms with E-state index < -0.39 is 18.0 Å². The third-order valence-electron chi connectivity index (χ3n) is 7.62. The summed E-state index contributed by atoms with van der Waals surface area (Å²) in [7, 11) is 0. The Morgan fingerprint density at radius 2 is 1.91 bits per heavy atom. The van der Waals surface area contributed by atoms with Gasteiger partial charge in [-0.25, -0.2) is 14.8 Å². The first-order valence-electron chi connectivity index (χ1n) is 11.5. The SMILES string of the molecule is Cc1c([C@@H](O)CN2CCC3(CC2)CCN(c2cc(C(F)(F)F)ncn2)C3)ccc2c1COC2=O. The fourth-order valence-electron chi connectivity index (χ4n) is 5.50. The van der Waals surface area contributed by atoms with Gasteiger partial charge in [0.05, 0.1) is 11.7 Å². The summed E-state index contributed by atoms with van der Waals surface area (Å²) < 4.78 is 44.2. The molecule has 1 aromatic heterocycles. The predicted molar refractivity (Wildman–Crippen MR) is 117 cm³/mol. The summed E-state index contributed by atoms with van der Waals surface area (Å²) in [5.74, 6) is 0.00858. The molecule has 0 radical (unpaired) electrons. The van der Waals surface area contributed by atoms with Gasteiger partial charge in [0.15, 0.2) is 0 Å². The van der Waals surface area contributed by atoms with Gasteiger partial charge in [0.2, 0.25) is 0 Å². The number of aromatic nitrogens is 2. The molecule has 5 rings (SSSR count). The van der Waals surface area contributed by atoms with Crippen LogP contribution in [-0.2, 0) is 17.5 Å². The average molecular weight is 476 g/mol. The van der Waals surface area contributed by atoms with Gasteiger partial charge in [-0.05, 0) is 61.9 Å². The summed E-state index contributed by atoms with van der Waals surface area (Å²) in [5, 5.41) is 10.9. The minimum absolute atomic E-state index is 0.0476. The summed E-state index contributed by atoms with van der Waals surface area (Å²) in [6, 6.07) is 4.57. The molecule has 0 amide bonds. The van der Waals surface area contributed by atoms with Gasteiger partial charge in [-0.3, -0.25) is 0 Å². The van der Waals surface area contributed by atoms with Gasteiger partial charge in [0, 0.05) is 31.3 Å². The van der Waals surface area contributed by atoms with E-state index in [-0.39, 0.29) is 18.0 Å². The molecule has 2 fully saturated rings. The summed E-state index contributed by atoms with van der Waals surface area (Å²) in [6.45, 7) is 5.63. The van der Waals surface area contributed by atoms with E-state index in [4.69, 9.17) is 4.74 Å². The minimum Gasteiger partial charge on any atom is -0.457 e. The van der Waals surface area contributed by atoms with Crippen LogP contribution in [0.2, 0.25) is 0 Å². The highest BCUT2D eigenvalue weighted by Crippen LogP contribution is 2.42. The molecule has 3 aliphatic heterocycles. The van der Waals surface area contributed by atoms with Crippen LogP contribution in [0.15, 0.2) is 24.5 Å². The first-order chi connectivity index (χ1) is 16.2. The molecular formula is C24H27F3N4O3. The molecule has 0 aliphatic carbocycles. The van der Waals surface area contributed by atoms with E-state index in [0.29, 0.717) is 31.0 Å². The lowest BCUT2D eigenvalue weighted by molar-refractivity contribution is -0.141. The van der Waals surface area contributed by atoms with Crippen LogP contribution < -0.4 is 4.90 Å². The van der Waals surface area contributed by atoms with Crippen molar-refractivity contribution in [3.05, 3.63) is 52.5 Å². The molecule has 0 unspecified atom stereocenters. The second-order valence-corrected chi connectivity index (χ2v) is 9.63. The predicted octanol–water partition coefficient (Wildman–Crippen LogP) is 3.50. The summed E-state index contributed by atoms with van der Waals surface area (Å²) in [4.78, 5) is 23.4. The van der Waals surface area contributed by atoms with Crippen molar-refractivity contribution in [2.45, 2.75) is 45.1 Å². The van der Waals surface area contributed by atoms with Crippen LogP contribution in [0.4, 0.5) is 19.0 Å². The van der Waals surface area contributed by atoms with Crippen molar-refractivity contribution in [3.8, 4) is 0 Å². The number of rotatable bonds is 4. The highest BCUT2D eigenvalue weighted by Gasteiger charge is 2.42. The Kier molecular flexibility index (Phi) is 5.76. The quantitative estimate of drug-likeness (QED) is 0.677. The molecule has 182 valence electrons. The molecule has 3 aliphatic rings. The van der Waals surface area contributed by atoms with Crippen LogP contribution in [-0.4, -0.2) is 58.7 Å². The van der Waals surface area contributed by atoms with Crippen LogP contribution in [0.3, 0.4) is 0 Å². The molecule has 34 heavy (non-hydrogen) atoms. The van der Waals surface area contributed by atoms with Crippen LogP contribution >= 0.6 is 0 Å². The highest BCUT2D eigenvalue weighted by molar-refractivity contribution is 5.93. The lowest BCUT2D eigenvalue weighted by atomic mass is 9.77. The molecular weight excluding hydrogens is 449 g/mol. The molecule has 7 nitrogen and oxygen atoms in total. The van der Waals surface area contributed by atoms with E-state index in [1.54, 1.807) is 6.07 Å². The van der Waals surface area contributed by atoms with Crippen molar-refractivity contribution in [1.82, 2.24) is 14.9 Å². The first kappa shape index (κ1) is 23.0. The summed E-state index contributed by atoms with van der Waals surface area (Å²) in [6.07, 6.45) is -1.43. The Morgan fingerprint density at radius 3 is 2.65 bits per heavy atom. The number of carbonyl (C=O) groups excluding carboxylic acids is 1. The lowest BCUT2D eigenvalue weighted by Crippen LogP contribution is -2.43. The van der Waals surface area contributed by atoms with Crippen molar-refractivity contribution >= 4 is 11.8 Å². The van der Waals surface area contributed by atoms with E-state index >= 15 is 0 Å². The Labute approximate surface area is 195 Å². The molecule has 2 saturated heterocycles. The van der Waals surface area contributed by atoms with E-state index in [0.717, 1.165) is 61.4 Å². The number of fused-ring (bicyclic) bond motifs is 1. The van der Waals surface area contributed by atoms with Crippen LogP contribution in [0.25, 0.3) is 0 Å². The monoisotopic (exact) mass is 476 g/mol. The molecule has 0 saturated carbocycles. The van der Waals surface area contributed by atoms with Crippen molar-refractivity contribution in [2.75, 3.05) is 37.6 Å². The number of anilines is 1. The molecule has 0 bridgehead atoms. The first-order valence-corrected chi connectivity index (χ1v) is 11.5. The molecule has 4 heterocycles. The number of carbonyl (C=O) groups is 1. The molecule has 1 spiro atoms. The fraction of sp³-hybridized carbons (Fsp3) is 0.542. The number of likely N-dealkylation sites (tertiary alicyclic amines) is 1. The van der Waals surface area contributed by atoms with Gasteiger partial charge >= 0.3 is 12.1 Å². The highest BCUT2D eigenvalue weighted by atomic mass is 19.4. The number of esters is 1. The van der Waals surface area contributed by atoms with E-state index in [1.807, 2.05) is 17.9 Å². The van der Waals surface area contributed by atoms with E-state index in [9.17, 15) is 23.1 Å². The number of nitrogens with zero attached hydrogens (tertiary/aromatic N) is 4. The molecule has 10 heteroatoms. The molecule has 1 N–H and O–H groups in total. The molecule has 2 aromatic rings. The zero-order valence-electron chi connectivity index (χ0n) is 18.9.